The first kappa shape index (κ1) is 20.4. The summed E-state index contributed by atoms with van der Waals surface area (Å²) in [5.41, 5.74) is 8.21. The summed E-state index contributed by atoms with van der Waals surface area (Å²) in [6.45, 7) is 1.17. The fraction of sp³-hybridized carbons (Fsp3) is 0.438. The first-order valence-electron chi connectivity index (χ1n) is 7.66. The van der Waals surface area contributed by atoms with Gasteiger partial charge in [-0.05, 0) is 24.0 Å². The molecule has 2 unspecified atom stereocenters. The number of nitrogens with zero attached hydrogens (tertiary/aromatic N) is 3. The van der Waals surface area contributed by atoms with Crippen molar-refractivity contribution >= 4 is 30.7 Å². The summed E-state index contributed by atoms with van der Waals surface area (Å²) >= 11 is 0. The Balaban J connectivity index is 0.00000144. The minimum Gasteiger partial charge on any atom is -0.352 e. The minimum absolute atomic E-state index is 0. The summed E-state index contributed by atoms with van der Waals surface area (Å²) in [6, 6.07) is 8.05. The third-order valence-corrected chi connectivity index (χ3v) is 4.28. The quantitative estimate of drug-likeness (QED) is 0.840. The van der Waals surface area contributed by atoms with Crippen LogP contribution < -0.4 is 11.1 Å². The lowest BCUT2D eigenvalue weighted by Crippen LogP contribution is -2.38. The Morgan fingerprint density at radius 1 is 1.25 bits per heavy atom. The number of hydrogen-bond donors (Lipinski definition) is 2. The van der Waals surface area contributed by atoms with Crippen LogP contribution in [0.1, 0.15) is 30.4 Å². The van der Waals surface area contributed by atoms with Crippen molar-refractivity contribution in [3.8, 4) is 0 Å². The van der Waals surface area contributed by atoms with E-state index in [0.29, 0.717) is 13.1 Å². The molecule has 1 aliphatic carbocycles. The van der Waals surface area contributed by atoms with Crippen LogP contribution in [0.3, 0.4) is 0 Å². The third-order valence-electron chi connectivity index (χ3n) is 4.28. The van der Waals surface area contributed by atoms with E-state index in [1.54, 1.807) is 11.0 Å². The van der Waals surface area contributed by atoms with Crippen molar-refractivity contribution in [2.24, 2.45) is 11.7 Å². The Morgan fingerprint density at radius 2 is 2.00 bits per heavy atom. The topological polar surface area (TPSA) is 85.8 Å². The Kier molecular flexibility index (Phi) is 8.18. The van der Waals surface area contributed by atoms with Crippen molar-refractivity contribution < 1.29 is 4.79 Å². The van der Waals surface area contributed by atoms with Crippen LogP contribution in [-0.4, -0.2) is 26.7 Å². The molecule has 1 fully saturated rings. The summed E-state index contributed by atoms with van der Waals surface area (Å²) in [6.07, 6.45) is 6.09. The van der Waals surface area contributed by atoms with Crippen LogP contribution in [-0.2, 0) is 17.9 Å². The van der Waals surface area contributed by atoms with E-state index in [-0.39, 0.29) is 42.7 Å². The normalized spacial score (nSPS) is 19.2. The molecule has 2 aromatic rings. The van der Waals surface area contributed by atoms with Crippen molar-refractivity contribution in [3.63, 3.8) is 0 Å². The summed E-state index contributed by atoms with van der Waals surface area (Å²) in [5, 5.41) is 7.15. The molecule has 3 rings (SSSR count). The molecule has 1 amide bonds. The van der Waals surface area contributed by atoms with E-state index < -0.39 is 0 Å². The maximum absolute atomic E-state index is 12.2. The first-order valence-corrected chi connectivity index (χ1v) is 7.66. The molecular weight excluding hydrogens is 349 g/mol. The SMILES string of the molecule is Cl.Cl.NC1CCCC1C(=O)NCc1ccccc1Cn1cncn1. The van der Waals surface area contributed by atoms with Gasteiger partial charge in [0.25, 0.3) is 0 Å². The lowest BCUT2D eigenvalue weighted by atomic mass is 10.0. The Hall–Kier alpha value is -1.63. The number of amides is 1. The van der Waals surface area contributed by atoms with Crippen molar-refractivity contribution in [2.75, 3.05) is 0 Å². The maximum atomic E-state index is 12.2. The second-order valence-corrected chi connectivity index (χ2v) is 5.78. The molecule has 1 aromatic heterocycles. The number of halogens is 2. The Bertz CT molecular complexity index is 635. The second kappa shape index (κ2) is 9.61. The highest BCUT2D eigenvalue weighted by molar-refractivity contribution is 5.85. The van der Waals surface area contributed by atoms with Crippen molar-refractivity contribution in [1.29, 1.82) is 0 Å². The van der Waals surface area contributed by atoms with Gasteiger partial charge in [-0.15, -0.1) is 24.8 Å². The molecule has 6 nitrogen and oxygen atoms in total. The molecule has 2 atom stereocenters. The molecule has 1 aliphatic rings. The average Bonchev–Trinajstić information content (AvgIpc) is 3.17. The predicted octanol–water partition coefficient (Wildman–Crippen LogP) is 1.91. The van der Waals surface area contributed by atoms with E-state index in [1.165, 1.54) is 6.33 Å². The van der Waals surface area contributed by atoms with Gasteiger partial charge in [0, 0.05) is 12.6 Å². The first-order chi connectivity index (χ1) is 10.7. The van der Waals surface area contributed by atoms with E-state index in [2.05, 4.69) is 15.4 Å². The van der Waals surface area contributed by atoms with Gasteiger partial charge < -0.3 is 11.1 Å². The molecule has 1 aromatic carbocycles. The second-order valence-electron chi connectivity index (χ2n) is 5.78. The van der Waals surface area contributed by atoms with Crippen molar-refractivity contribution in [1.82, 2.24) is 20.1 Å². The molecule has 0 bridgehead atoms. The van der Waals surface area contributed by atoms with Gasteiger partial charge in [-0.25, -0.2) is 9.67 Å². The van der Waals surface area contributed by atoms with Gasteiger partial charge in [-0.2, -0.15) is 5.10 Å². The average molecular weight is 372 g/mol. The fourth-order valence-corrected chi connectivity index (χ4v) is 3.00. The van der Waals surface area contributed by atoms with Gasteiger partial charge in [0.1, 0.15) is 12.7 Å². The number of nitrogens with two attached hydrogens (primary N) is 1. The highest BCUT2D eigenvalue weighted by atomic mass is 35.5. The van der Waals surface area contributed by atoms with Crippen molar-refractivity contribution in [3.05, 3.63) is 48.0 Å². The molecule has 3 N–H and O–H groups in total. The van der Waals surface area contributed by atoms with Gasteiger partial charge >= 0.3 is 0 Å². The number of benzene rings is 1. The van der Waals surface area contributed by atoms with E-state index in [1.807, 2.05) is 24.3 Å². The third kappa shape index (κ3) is 4.93. The van der Waals surface area contributed by atoms with Crippen LogP contribution in [0.15, 0.2) is 36.9 Å². The molecule has 1 heterocycles. The van der Waals surface area contributed by atoms with Crippen LogP contribution in [0, 0.1) is 5.92 Å². The predicted molar refractivity (Wildman–Crippen MR) is 97.2 cm³/mol. The van der Waals surface area contributed by atoms with Gasteiger partial charge in [-0.1, -0.05) is 30.7 Å². The maximum Gasteiger partial charge on any atom is 0.224 e. The van der Waals surface area contributed by atoms with Gasteiger partial charge in [0.2, 0.25) is 5.91 Å². The van der Waals surface area contributed by atoms with Gasteiger partial charge in [0.15, 0.2) is 0 Å². The van der Waals surface area contributed by atoms with E-state index in [9.17, 15) is 4.79 Å². The number of carbonyl (C=O) groups is 1. The molecule has 132 valence electrons. The number of rotatable bonds is 5. The molecule has 1 saturated carbocycles. The Morgan fingerprint density at radius 3 is 2.62 bits per heavy atom. The number of carbonyl (C=O) groups excluding carboxylic acids is 1. The van der Waals surface area contributed by atoms with Crippen LogP contribution >= 0.6 is 24.8 Å². The number of hydrogen-bond acceptors (Lipinski definition) is 4. The van der Waals surface area contributed by atoms with E-state index in [4.69, 9.17) is 5.73 Å². The van der Waals surface area contributed by atoms with E-state index in [0.717, 1.165) is 30.4 Å². The lowest BCUT2D eigenvalue weighted by Gasteiger charge is -2.16. The van der Waals surface area contributed by atoms with Crippen LogP contribution in [0.25, 0.3) is 0 Å². The monoisotopic (exact) mass is 371 g/mol. The zero-order chi connectivity index (χ0) is 15.4. The molecule has 0 aliphatic heterocycles. The van der Waals surface area contributed by atoms with Crippen molar-refractivity contribution in [2.45, 2.75) is 38.4 Å². The van der Waals surface area contributed by atoms with Crippen LogP contribution in [0.5, 0.6) is 0 Å². The fourth-order valence-electron chi connectivity index (χ4n) is 3.00. The summed E-state index contributed by atoms with van der Waals surface area (Å²) in [7, 11) is 0. The summed E-state index contributed by atoms with van der Waals surface area (Å²) < 4.78 is 1.77. The standard InChI is InChI=1S/C16H21N5O.2ClH/c17-15-7-3-6-14(15)16(22)19-8-12-4-1-2-5-13(12)9-21-11-18-10-20-21;;/h1-2,4-5,10-11,14-15H,3,6-9,17H2,(H,19,22);2*1H. The molecular formula is C16H23Cl2N5O. The molecule has 24 heavy (non-hydrogen) atoms. The summed E-state index contributed by atoms with van der Waals surface area (Å²) in [5.74, 6) is 0.0306. The minimum atomic E-state index is -0.0394. The zero-order valence-corrected chi connectivity index (χ0v) is 14.9. The lowest BCUT2D eigenvalue weighted by molar-refractivity contribution is -0.125. The van der Waals surface area contributed by atoms with Gasteiger partial charge in [-0.3, -0.25) is 4.79 Å². The van der Waals surface area contributed by atoms with Gasteiger partial charge in [0.05, 0.1) is 12.5 Å². The van der Waals surface area contributed by atoms with Crippen LogP contribution in [0.4, 0.5) is 0 Å². The molecule has 0 spiro atoms. The molecule has 0 saturated heterocycles. The number of aromatic nitrogens is 3. The smallest absolute Gasteiger partial charge is 0.224 e. The highest BCUT2D eigenvalue weighted by Crippen LogP contribution is 2.24. The molecule has 8 heteroatoms. The van der Waals surface area contributed by atoms with E-state index >= 15 is 0 Å². The highest BCUT2D eigenvalue weighted by Gasteiger charge is 2.29. The number of nitrogens with one attached hydrogen (secondary N) is 1. The zero-order valence-electron chi connectivity index (χ0n) is 13.3. The summed E-state index contributed by atoms with van der Waals surface area (Å²) in [4.78, 5) is 16.2. The largest absolute Gasteiger partial charge is 0.352 e. The molecule has 0 radical (unpaired) electrons. The van der Waals surface area contributed by atoms with Crippen LogP contribution in [0.2, 0.25) is 0 Å². The Labute approximate surface area is 154 Å².